The first-order valence-electron chi connectivity index (χ1n) is 7.06. The Kier molecular flexibility index (Phi) is 4.02. The highest BCUT2D eigenvalue weighted by Crippen LogP contribution is 2.42. The molecular formula is C17H14F3NOS. The molecular weight excluding hydrogens is 323 g/mol. The predicted octanol–water partition coefficient (Wildman–Crippen LogP) is 4.64. The van der Waals surface area contributed by atoms with Crippen molar-refractivity contribution in [2.45, 2.75) is 12.6 Å². The molecule has 2 aliphatic rings. The number of nitrogens with zero attached hydrogens (tertiary/aromatic N) is 1. The number of likely N-dealkylation sites (N-methyl/N-ethyl adjacent to an activating group) is 1. The summed E-state index contributed by atoms with van der Waals surface area (Å²) in [5.74, 6) is 0. The lowest BCUT2D eigenvalue weighted by atomic mass is 9.88. The summed E-state index contributed by atoms with van der Waals surface area (Å²) >= 11 is 5.18. The highest BCUT2D eigenvalue weighted by Gasteiger charge is 2.33. The molecule has 1 aliphatic carbocycles. The van der Waals surface area contributed by atoms with E-state index in [-0.39, 0.29) is 5.05 Å². The van der Waals surface area contributed by atoms with Crippen LogP contribution in [-0.4, -0.2) is 24.9 Å². The van der Waals surface area contributed by atoms with Gasteiger partial charge in [0.1, 0.15) is 0 Å². The lowest BCUT2D eigenvalue weighted by molar-refractivity contribution is -0.155. The van der Waals surface area contributed by atoms with Crippen LogP contribution in [-0.2, 0) is 4.74 Å². The molecule has 0 unspecified atom stereocenters. The zero-order valence-corrected chi connectivity index (χ0v) is 13.2. The number of benzene rings is 1. The third kappa shape index (κ3) is 3.03. The van der Waals surface area contributed by atoms with Crippen LogP contribution in [0.2, 0.25) is 0 Å². The van der Waals surface area contributed by atoms with Gasteiger partial charge in [0.15, 0.2) is 11.7 Å². The van der Waals surface area contributed by atoms with Crippen molar-refractivity contribution in [3.05, 3.63) is 59.3 Å². The second-order valence-corrected chi connectivity index (χ2v) is 5.68. The van der Waals surface area contributed by atoms with Crippen LogP contribution in [0.5, 0.6) is 0 Å². The van der Waals surface area contributed by atoms with Crippen LogP contribution < -0.4 is 4.90 Å². The molecule has 1 aliphatic heterocycles. The zero-order chi connectivity index (χ0) is 16.6. The van der Waals surface area contributed by atoms with E-state index in [1.807, 2.05) is 54.4 Å². The molecule has 0 spiro atoms. The van der Waals surface area contributed by atoms with Gasteiger partial charge in [-0.05, 0) is 36.4 Å². The number of halogens is 3. The van der Waals surface area contributed by atoms with Crippen molar-refractivity contribution in [1.82, 2.24) is 0 Å². The standard InChI is InChI=1S/C17H14F3NOS/c1-21-13-8-4-2-6-11(13)15(12-7-3-5-9-14(12)21)16(23)22-10-17(18,19)20/h2-6,8-9H,7,10H2,1H3. The summed E-state index contributed by atoms with van der Waals surface area (Å²) in [4.78, 5) is 2.02. The van der Waals surface area contributed by atoms with Gasteiger partial charge < -0.3 is 9.64 Å². The van der Waals surface area contributed by atoms with E-state index in [2.05, 4.69) is 0 Å². The number of fused-ring (bicyclic) bond motifs is 2. The molecule has 1 aromatic rings. The van der Waals surface area contributed by atoms with Crippen molar-refractivity contribution in [3.8, 4) is 0 Å². The van der Waals surface area contributed by atoms with E-state index >= 15 is 0 Å². The van der Waals surface area contributed by atoms with Gasteiger partial charge in [0.25, 0.3) is 0 Å². The number of hydrogen-bond acceptors (Lipinski definition) is 3. The number of hydrogen-bond donors (Lipinski definition) is 0. The fraction of sp³-hybridized carbons (Fsp3) is 0.235. The molecule has 2 nitrogen and oxygen atoms in total. The van der Waals surface area contributed by atoms with Gasteiger partial charge in [-0.25, -0.2) is 0 Å². The van der Waals surface area contributed by atoms with Gasteiger partial charge in [0, 0.05) is 29.6 Å². The Balaban J connectivity index is 2.06. The summed E-state index contributed by atoms with van der Waals surface area (Å²) < 4.78 is 42.2. The second kappa shape index (κ2) is 5.85. The Morgan fingerprint density at radius 1 is 1.30 bits per heavy atom. The minimum Gasteiger partial charge on any atom is -0.473 e. The SMILES string of the molecule is CN1C2=CC=CCC2=C(C(=S)OCC(F)(F)F)c2ccccc21. The predicted molar refractivity (Wildman–Crippen MR) is 88.2 cm³/mol. The van der Waals surface area contributed by atoms with E-state index in [1.54, 1.807) is 0 Å². The van der Waals surface area contributed by atoms with E-state index in [1.165, 1.54) is 0 Å². The molecule has 0 amide bonds. The van der Waals surface area contributed by atoms with Crippen LogP contribution in [0.4, 0.5) is 18.9 Å². The minimum absolute atomic E-state index is 0.112. The highest BCUT2D eigenvalue weighted by atomic mass is 32.1. The summed E-state index contributed by atoms with van der Waals surface area (Å²) in [5, 5.41) is -0.112. The first kappa shape index (κ1) is 15.8. The van der Waals surface area contributed by atoms with Gasteiger partial charge in [-0.3, -0.25) is 0 Å². The molecule has 0 aromatic heterocycles. The zero-order valence-electron chi connectivity index (χ0n) is 12.4. The summed E-state index contributed by atoms with van der Waals surface area (Å²) in [5.41, 5.74) is 4.09. The van der Waals surface area contributed by atoms with E-state index in [9.17, 15) is 13.2 Å². The third-order valence-electron chi connectivity index (χ3n) is 3.79. The normalized spacial score (nSPS) is 16.7. The Labute approximate surface area is 137 Å². The number of anilines is 1. The van der Waals surface area contributed by atoms with Crippen LogP contribution in [0, 0.1) is 0 Å². The number of ether oxygens (including phenoxy) is 1. The third-order valence-corrected chi connectivity index (χ3v) is 4.11. The Morgan fingerprint density at radius 3 is 2.78 bits per heavy atom. The quantitative estimate of drug-likeness (QED) is 0.730. The first-order chi connectivity index (χ1) is 10.9. The Morgan fingerprint density at radius 2 is 2.04 bits per heavy atom. The number of allylic oxidation sites excluding steroid dienone is 4. The van der Waals surface area contributed by atoms with Crippen molar-refractivity contribution in [2.24, 2.45) is 0 Å². The van der Waals surface area contributed by atoms with Crippen molar-refractivity contribution in [2.75, 3.05) is 18.6 Å². The van der Waals surface area contributed by atoms with Crippen LogP contribution in [0.3, 0.4) is 0 Å². The molecule has 0 atom stereocenters. The Hall–Kier alpha value is -2.08. The maximum atomic E-state index is 12.4. The molecule has 1 aromatic carbocycles. The average Bonchev–Trinajstić information content (AvgIpc) is 2.53. The molecule has 3 rings (SSSR count). The minimum atomic E-state index is -4.41. The van der Waals surface area contributed by atoms with Crippen molar-refractivity contribution >= 4 is 28.5 Å². The van der Waals surface area contributed by atoms with Crippen LogP contribution in [0.15, 0.2) is 53.8 Å². The lowest BCUT2D eigenvalue weighted by Crippen LogP contribution is -2.28. The molecule has 0 fully saturated rings. The van der Waals surface area contributed by atoms with Crippen LogP contribution >= 0.6 is 12.2 Å². The number of thiocarbonyl (C=S) groups is 1. The molecule has 0 saturated carbocycles. The van der Waals surface area contributed by atoms with Crippen molar-refractivity contribution < 1.29 is 17.9 Å². The van der Waals surface area contributed by atoms with Crippen molar-refractivity contribution in [3.63, 3.8) is 0 Å². The maximum Gasteiger partial charge on any atom is 0.422 e. The number of rotatable bonds is 2. The Bertz CT molecular complexity index is 746. The van der Waals surface area contributed by atoms with Crippen molar-refractivity contribution in [1.29, 1.82) is 0 Å². The second-order valence-electron chi connectivity index (χ2n) is 5.31. The van der Waals surface area contributed by atoms with Gasteiger partial charge in [-0.2, -0.15) is 13.2 Å². The molecule has 0 N–H and O–H groups in total. The molecule has 120 valence electrons. The maximum absolute atomic E-state index is 12.4. The monoisotopic (exact) mass is 337 g/mol. The lowest BCUT2D eigenvalue weighted by Gasteiger charge is -2.35. The average molecular weight is 337 g/mol. The summed E-state index contributed by atoms with van der Waals surface area (Å²) in [6, 6.07) is 7.49. The summed E-state index contributed by atoms with van der Waals surface area (Å²) in [6.07, 6.45) is 2.01. The summed E-state index contributed by atoms with van der Waals surface area (Å²) in [6.45, 7) is -1.38. The highest BCUT2D eigenvalue weighted by molar-refractivity contribution is 7.81. The van der Waals surface area contributed by atoms with Gasteiger partial charge in [0.2, 0.25) is 0 Å². The summed E-state index contributed by atoms with van der Waals surface area (Å²) in [7, 11) is 1.93. The van der Waals surface area contributed by atoms with Gasteiger partial charge in [0.05, 0.1) is 0 Å². The van der Waals surface area contributed by atoms with E-state index in [0.717, 1.165) is 22.5 Å². The van der Waals surface area contributed by atoms with E-state index < -0.39 is 12.8 Å². The van der Waals surface area contributed by atoms with Gasteiger partial charge in [-0.1, -0.05) is 30.4 Å². The molecule has 0 bridgehead atoms. The molecule has 0 saturated heterocycles. The van der Waals surface area contributed by atoms with Crippen LogP contribution in [0.1, 0.15) is 12.0 Å². The van der Waals surface area contributed by atoms with E-state index in [0.29, 0.717) is 12.0 Å². The van der Waals surface area contributed by atoms with Crippen LogP contribution in [0.25, 0.3) is 5.57 Å². The van der Waals surface area contributed by atoms with Gasteiger partial charge in [-0.15, -0.1) is 0 Å². The van der Waals surface area contributed by atoms with E-state index in [4.69, 9.17) is 17.0 Å². The largest absolute Gasteiger partial charge is 0.473 e. The first-order valence-corrected chi connectivity index (χ1v) is 7.46. The smallest absolute Gasteiger partial charge is 0.422 e. The molecule has 1 heterocycles. The topological polar surface area (TPSA) is 12.5 Å². The molecule has 23 heavy (non-hydrogen) atoms. The van der Waals surface area contributed by atoms with Gasteiger partial charge >= 0.3 is 6.18 Å². The molecule has 6 heteroatoms. The fourth-order valence-corrected chi connectivity index (χ4v) is 3.11. The molecule has 0 radical (unpaired) electrons. The number of para-hydroxylation sites is 1. The fourth-order valence-electron chi connectivity index (χ4n) is 2.82. The number of alkyl halides is 3.